The quantitative estimate of drug-likeness (QED) is 0.342. The van der Waals surface area contributed by atoms with Gasteiger partial charge >= 0.3 is 33.1 Å². The first-order valence-electron chi connectivity index (χ1n) is 1.07. The van der Waals surface area contributed by atoms with E-state index in [1.54, 1.807) is 0 Å². The molecule has 0 saturated carbocycles. The molecule has 0 unspecified atom stereocenters. The molecule has 0 radical (unpaired) electrons. The number of phosphoric acid groups is 1. The van der Waals surface area contributed by atoms with E-state index in [1.165, 1.54) is 0 Å². The van der Waals surface area contributed by atoms with Crippen molar-refractivity contribution in [3.63, 3.8) is 0 Å². The van der Waals surface area contributed by atoms with E-state index in [-0.39, 0.29) is 0 Å². The minimum absolute atomic E-state index is 0.958. The van der Waals surface area contributed by atoms with Gasteiger partial charge < -0.3 is 14.7 Å². The maximum absolute atomic E-state index is 8.88. The van der Waals surface area contributed by atoms with Crippen molar-refractivity contribution in [2.24, 2.45) is 0 Å². The van der Waals surface area contributed by atoms with E-state index in [4.69, 9.17) is 19.2 Å². The molecule has 0 heterocycles. The molecule has 0 aliphatic heterocycles. The van der Waals surface area contributed by atoms with Crippen LogP contribution in [0.25, 0.3) is 0 Å². The molecule has 0 spiro atoms. The average molecular weight is 205 g/mol. The minimum atomic E-state index is -4.64. The van der Waals surface area contributed by atoms with Crippen LogP contribution in [0.15, 0.2) is 0 Å². The van der Waals surface area contributed by atoms with E-state index in [0.717, 1.165) is 14.9 Å². The molecule has 0 bridgehead atoms. The summed E-state index contributed by atoms with van der Waals surface area (Å²) in [5, 5.41) is 0. The van der Waals surface area contributed by atoms with Crippen LogP contribution in [0, 0.1) is 0 Å². The molecule has 0 amide bonds. The Balaban J connectivity index is 0. The molecule has 0 atom stereocenters. The Morgan fingerprint density at radius 3 is 1.29 bits per heavy atom. The van der Waals surface area contributed by atoms with E-state index in [0.29, 0.717) is 0 Å². The molecule has 0 aliphatic rings. The summed E-state index contributed by atoms with van der Waals surface area (Å²) in [6.45, 7) is 0. The van der Waals surface area contributed by atoms with E-state index >= 15 is 0 Å². The Morgan fingerprint density at radius 2 is 1.29 bits per heavy atom. The second kappa shape index (κ2) is 5.02. The molecule has 0 rings (SSSR count). The van der Waals surface area contributed by atoms with Gasteiger partial charge in [-0.1, -0.05) is 0 Å². The van der Waals surface area contributed by atoms with E-state index < -0.39 is 7.82 Å². The average Bonchev–Trinajstić information content (AvgIpc) is 1.36. The van der Waals surface area contributed by atoms with Gasteiger partial charge in [0.25, 0.3) is 0 Å². The zero-order valence-electron chi connectivity index (χ0n) is 3.31. The molecule has 3 N–H and O–H groups in total. The van der Waals surface area contributed by atoms with Crippen molar-refractivity contribution in [3.8, 4) is 0 Å². The number of hydrogen-bond donors (Lipinski definition) is 3. The topological polar surface area (TPSA) is 77.8 Å². The third-order valence-electron chi connectivity index (χ3n) is 0. The summed E-state index contributed by atoms with van der Waals surface area (Å²) in [6, 6.07) is 0. The number of hydrogen-bond acceptors (Lipinski definition) is 2. The van der Waals surface area contributed by atoms with Crippen LogP contribution in [0.1, 0.15) is 0 Å². The van der Waals surface area contributed by atoms with Crippen LogP contribution in [-0.4, -0.2) is 29.5 Å². The van der Waals surface area contributed by atoms with Gasteiger partial charge in [0.15, 0.2) is 0 Å². The fourth-order valence-electron chi connectivity index (χ4n) is 0. The monoisotopic (exact) mass is 206 g/mol. The van der Waals surface area contributed by atoms with Gasteiger partial charge in [0.2, 0.25) is 0 Å². The second-order valence-corrected chi connectivity index (χ2v) is 1.54. The fourth-order valence-corrected chi connectivity index (χ4v) is 0. The van der Waals surface area contributed by atoms with Crippen LogP contribution in [-0.2, 0) is 4.57 Å². The third-order valence-corrected chi connectivity index (χ3v) is 0. The molecule has 7 heteroatoms. The van der Waals surface area contributed by atoms with Gasteiger partial charge in [0, 0.05) is 0 Å². The van der Waals surface area contributed by atoms with Gasteiger partial charge in [-0.3, -0.25) is 0 Å². The predicted octanol–water partition coefficient (Wildman–Crippen LogP) is -1.20. The number of rotatable bonds is 0. The van der Waals surface area contributed by atoms with Gasteiger partial charge in [-0.15, -0.1) is 0 Å². The normalized spacial score (nSPS) is 9.00. The summed E-state index contributed by atoms with van der Waals surface area (Å²) in [7, 11) is -0.431. The van der Waals surface area contributed by atoms with Crippen molar-refractivity contribution in [2.45, 2.75) is 0 Å². The van der Waals surface area contributed by atoms with Crippen LogP contribution in [0.5, 0.6) is 0 Å². The van der Waals surface area contributed by atoms with Crippen molar-refractivity contribution >= 4 is 33.1 Å². The predicted molar refractivity (Wildman–Crippen MR) is 30.4 cm³/mol. The van der Waals surface area contributed by atoms with Gasteiger partial charge in [0.05, 0.1) is 0 Å². The first-order valence-corrected chi connectivity index (χ1v) is 6.85. The van der Waals surface area contributed by atoms with Crippen LogP contribution in [0.4, 0.5) is 0 Å². The van der Waals surface area contributed by atoms with Gasteiger partial charge in [-0.2, -0.15) is 0 Å². The summed E-state index contributed by atoms with van der Waals surface area (Å²) in [5.74, 6) is 0. The van der Waals surface area contributed by atoms with Crippen LogP contribution >= 0.6 is 18.3 Å². The molecule has 7 heavy (non-hydrogen) atoms. The fraction of sp³-hybridized carbons (Fsp3) is 0. The Hall–Kier alpha value is 0.873. The molecule has 0 aliphatic carbocycles. The molecule has 4 nitrogen and oxygen atoms in total. The maximum atomic E-state index is 8.88. The molecule has 0 saturated heterocycles. The molecule has 0 aromatic rings. The summed E-state index contributed by atoms with van der Waals surface area (Å²) < 4.78 is 8.88. The molecule has 0 fully saturated rings. The summed E-state index contributed by atoms with van der Waals surface area (Å²) in [4.78, 5) is 21.6. The molecule has 44 valence electrons. The van der Waals surface area contributed by atoms with Crippen molar-refractivity contribution in [1.82, 2.24) is 0 Å². The van der Waals surface area contributed by atoms with Crippen molar-refractivity contribution in [3.05, 3.63) is 0 Å². The molecule has 0 aromatic heterocycles. The molecule has 0 aromatic carbocycles. The van der Waals surface area contributed by atoms with Crippen LogP contribution < -0.4 is 0 Å². The Labute approximate surface area is 52.8 Å². The summed E-state index contributed by atoms with van der Waals surface area (Å²) in [6.07, 6.45) is 0. The van der Waals surface area contributed by atoms with E-state index in [9.17, 15) is 0 Å². The zero-order chi connectivity index (χ0) is 6.50. The zero-order valence-corrected chi connectivity index (χ0v) is 7.99. The molecular weight excluding hydrogens is 200 g/mol. The SMILES string of the molecule is O=P(O)(O)O.[S]=[GeH2]. The van der Waals surface area contributed by atoms with E-state index in [2.05, 4.69) is 10.5 Å². The Kier molecular flexibility index (Phi) is 7.73. The Morgan fingerprint density at radius 1 is 1.29 bits per heavy atom. The second-order valence-electron chi connectivity index (χ2n) is 0.513. The van der Waals surface area contributed by atoms with Crippen molar-refractivity contribution in [1.29, 1.82) is 0 Å². The first kappa shape index (κ1) is 10.8. The van der Waals surface area contributed by atoms with Gasteiger partial charge in [-0.05, 0) is 0 Å². The summed E-state index contributed by atoms with van der Waals surface area (Å²) in [5.41, 5.74) is 0. The van der Waals surface area contributed by atoms with Gasteiger partial charge in [-0.25, -0.2) is 4.57 Å². The summed E-state index contributed by atoms with van der Waals surface area (Å²) >= 11 is 0.958. The van der Waals surface area contributed by atoms with Crippen molar-refractivity contribution < 1.29 is 19.2 Å². The Bertz CT molecular complexity index is 67.5. The van der Waals surface area contributed by atoms with Gasteiger partial charge in [0.1, 0.15) is 0 Å². The van der Waals surface area contributed by atoms with Crippen LogP contribution in [0.2, 0.25) is 0 Å². The standard InChI is InChI=1S/GeH2S.H3O4P/c1-2;1-5(2,3)4/h1H2;(H3,1,2,3,4). The molecular formula is H5GeO4PS. The van der Waals surface area contributed by atoms with Crippen molar-refractivity contribution in [2.75, 3.05) is 0 Å². The first-order chi connectivity index (χ1) is 3.00. The third kappa shape index (κ3) is 214. The van der Waals surface area contributed by atoms with E-state index in [1.807, 2.05) is 0 Å². The van der Waals surface area contributed by atoms with Crippen LogP contribution in [0.3, 0.4) is 0 Å².